The molecule has 2 fully saturated rings. The first kappa shape index (κ1) is 17.0. The molecule has 1 atom stereocenters. The molecule has 1 unspecified atom stereocenters. The van der Waals surface area contributed by atoms with Crippen LogP contribution in [0, 0.1) is 0 Å². The molecule has 2 aliphatic rings. The molecule has 7 heteroatoms. The highest BCUT2D eigenvalue weighted by Crippen LogP contribution is 2.30. The molecule has 138 valence electrons. The Bertz CT molecular complexity index is 752. The smallest absolute Gasteiger partial charge is 0.253 e. The topological polar surface area (TPSA) is 77.7 Å². The SMILES string of the molecule is COc1ccc(C(=O)N2CCC(c3nc(C4CCOCC4)no3)C2)cc1. The fraction of sp³-hybridized carbons (Fsp3) is 0.526. The number of likely N-dealkylation sites (tertiary alicyclic amines) is 1. The van der Waals surface area contributed by atoms with Crippen molar-refractivity contribution < 1.29 is 18.8 Å². The summed E-state index contributed by atoms with van der Waals surface area (Å²) in [5, 5.41) is 4.17. The molecule has 0 saturated carbocycles. The van der Waals surface area contributed by atoms with Gasteiger partial charge in [-0.25, -0.2) is 0 Å². The van der Waals surface area contributed by atoms with Crippen LogP contribution in [0.4, 0.5) is 0 Å². The van der Waals surface area contributed by atoms with E-state index in [0.717, 1.165) is 44.1 Å². The van der Waals surface area contributed by atoms with E-state index in [-0.39, 0.29) is 11.8 Å². The van der Waals surface area contributed by atoms with Gasteiger partial charge >= 0.3 is 0 Å². The third-order valence-electron chi connectivity index (χ3n) is 5.21. The summed E-state index contributed by atoms with van der Waals surface area (Å²) in [6, 6.07) is 7.20. The van der Waals surface area contributed by atoms with E-state index in [2.05, 4.69) is 10.1 Å². The zero-order chi connectivity index (χ0) is 17.9. The second-order valence-corrected chi connectivity index (χ2v) is 6.84. The maximum absolute atomic E-state index is 12.7. The molecule has 4 rings (SSSR count). The first-order chi connectivity index (χ1) is 12.7. The summed E-state index contributed by atoms with van der Waals surface area (Å²) in [5.74, 6) is 2.63. The molecule has 0 radical (unpaired) electrons. The highest BCUT2D eigenvalue weighted by molar-refractivity contribution is 5.94. The van der Waals surface area contributed by atoms with Crippen LogP contribution in [0.1, 0.15) is 53.2 Å². The molecule has 0 spiro atoms. The highest BCUT2D eigenvalue weighted by atomic mass is 16.5. The van der Waals surface area contributed by atoms with Crippen LogP contribution >= 0.6 is 0 Å². The number of benzene rings is 1. The Morgan fingerprint density at radius 3 is 2.65 bits per heavy atom. The lowest BCUT2D eigenvalue weighted by Crippen LogP contribution is -2.28. The average molecular weight is 357 g/mol. The molecule has 2 aromatic rings. The predicted molar refractivity (Wildman–Crippen MR) is 93.3 cm³/mol. The van der Waals surface area contributed by atoms with Crippen LogP contribution < -0.4 is 4.74 Å². The van der Waals surface area contributed by atoms with E-state index < -0.39 is 0 Å². The van der Waals surface area contributed by atoms with Gasteiger partial charge in [-0.2, -0.15) is 4.98 Å². The van der Waals surface area contributed by atoms with Crippen molar-refractivity contribution in [2.45, 2.75) is 31.1 Å². The molecule has 0 bridgehead atoms. The average Bonchev–Trinajstić information content (AvgIpc) is 3.38. The lowest BCUT2D eigenvalue weighted by atomic mass is 10.00. The van der Waals surface area contributed by atoms with Gasteiger partial charge in [0.25, 0.3) is 5.91 Å². The molecule has 7 nitrogen and oxygen atoms in total. The number of nitrogens with zero attached hydrogens (tertiary/aromatic N) is 3. The molecule has 3 heterocycles. The minimum absolute atomic E-state index is 0.0271. The van der Waals surface area contributed by atoms with Crippen LogP contribution in [0.3, 0.4) is 0 Å². The molecule has 0 N–H and O–H groups in total. The summed E-state index contributed by atoms with van der Waals surface area (Å²) in [5.41, 5.74) is 0.667. The Morgan fingerprint density at radius 1 is 1.15 bits per heavy atom. The minimum Gasteiger partial charge on any atom is -0.497 e. The van der Waals surface area contributed by atoms with E-state index in [9.17, 15) is 4.79 Å². The number of ether oxygens (including phenoxy) is 2. The molecule has 1 aromatic heterocycles. The standard InChI is InChI=1S/C19H23N3O4/c1-24-16-4-2-14(3-5-16)19(23)22-9-6-15(12-22)18-20-17(21-26-18)13-7-10-25-11-8-13/h2-5,13,15H,6-12H2,1H3. The molecule has 1 aromatic carbocycles. The summed E-state index contributed by atoms with van der Waals surface area (Å²) in [6.45, 7) is 2.81. The van der Waals surface area contributed by atoms with Crippen molar-refractivity contribution in [2.75, 3.05) is 33.4 Å². The van der Waals surface area contributed by atoms with Crippen molar-refractivity contribution in [3.63, 3.8) is 0 Å². The highest BCUT2D eigenvalue weighted by Gasteiger charge is 2.32. The molecule has 26 heavy (non-hydrogen) atoms. The summed E-state index contributed by atoms with van der Waals surface area (Å²) in [7, 11) is 1.61. The zero-order valence-corrected chi connectivity index (χ0v) is 14.9. The van der Waals surface area contributed by atoms with Gasteiger partial charge in [-0.3, -0.25) is 4.79 Å². The van der Waals surface area contributed by atoms with E-state index in [1.807, 2.05) is 4.90 Å². The number of hydrogen-bond acceptors (Lipinski definition) is 6. The fourth-order valence-corrected chi connectivity index (χ4v) is 3.60. The predicted octanol–water partition coefficient (Wildman–Crippen LogP) is 2.60. The number of amides is 1. The van der Waals surface area contributed by atoms with Gasteiger partial charge in [0, 0.05) is 37.8 Å². The Labute approximate surface area is 152 Å². The number of hydrogen-bond donors (Lipinski definition) is 0. The van der Waals surface area contributed by atoms with E-state index in [0.29, 0.717) is 30.5 Å². The first-order valence-corrected chi connectivity index (χ1v) is 9.09. The number of carbonyl (C=O) groups excluding carboxylic acids is 1. The maximum Gasteiger partial charge on any atom is 0.253 e. The largest absolute Gasteiger partial charge is 0.497 e. The van der Waals surface area contributed by atoms with Crippen molar-refractivity contribution in [1.29, 1.82) is 0 Å². The van der Waals surface area contributed by atoms with Crippen LogP contribution in [0.15, 0.2) is 28.8 Å². The molecular formula is C19H23N3O4. The Balaban J connectivity index is 1.40. The van der Waals surface area contributed by atoms with E-state index in [1.54, 1.807) is 31.4 Å². The van der Waals surface area contributed by atoms with Crippen molar-refractivity contribution in [3.05, 3.63) is 41.5 Å². The summed E-state index contributed by atoms with van der Waals surface area (Å²) < 4.78 is 16.0. The van der Waals surface area contributed by atoms with Crippen LogP contribution in [-0.2, 0) is 4.74 Å². The molecular weight excluding hydrogens is 334 g/mol. The van der Waals surface area contributed by atoms with Gasteiger partial charge in [0.15, 0.2) is 5.82 Å². The molecule has 1 amide bonds. The van der Waals surface area contributed by atoms with Gasteiger partial charge in [-0.05, 0) is 43.5 Å². The maximum atomic E-state index is 12.7. The van der Waals surface area contributed by atoms with Crippen LogP contribution in [0.2, 0.25) is 0 Å². The monoisotopic (exact) mass is 357 g/mol. The van der Waals surface area contributed by atoms with Gasteiger partial charge in [0.05, 0.1) is 13.0 Å². The molecule has 2 saturated heterocycles. The van der Waals surface area contributed by atoms with Crippen molar-refractivity contribution >= 4 is 5.91 Å². The number of methoxy groups -OCH3 is 1. The van der Waals surface area contributed by atoms with Gasteiger partial charge in [-0.1, -0.05) is 5.16 Å². The van der Waals surface area contributed by atoms with Gasteiger partial charge in [0.2, 0.25) is 5.89 Å². The third-order valence-corrected chi connectivity index (χ3v) is 5.21. The van der Waals surface area contributed by atoms with E-state index in [4.69, 9.17) is 14.0 Å². The quantitative estimate of drug-likeness (QED) is 0.837. The number of aromatic nitrogens is 2. The minimum atomic E-state index is 0.0271. The van der Waals surface area contributed by atoms with Crippen LogP contribution in [0.25, 0.3) is 0 Å². The second-order valence-electron chi connectivity index (χ2n) is 6.84. The van der Waals surface area contributed by atoms with Gasteiger partial charge in [0.1, 0.15) is 5.75 Å². The fourth-order valence-electron chi connectivity index (χ4n) is 3.60. The van der Waals surface area contributed by atoms with Gasteiger partial charge in [-0.15, -0.1) is 0 Å². The van der Waals surface area contributed by atoms with Crippen molar-refractivity contribution in [3.8, 4) is 5.75 Å². The lowest BCUT2D eigenvalue weighted by molar-refractivity contribution is 0.0789. The van der Waals surface area contributed by atoms with Crippen LogP contribution in [-0.4, -0.2) is 54.4 Å². The zero-order valence-electron chi connectivity index (χ0n) is 14.9. The molecule has 0 aliphatic carbocycles. The Kier molecular flexibility index (Phi) is 4.88. The summed E-state index contributed by atoms with van der Waals surface area (Å²) in [6.07, 6.45) is 2.72. The first-order valence-electron chi connectivity index (χ1n) is 9.09. The second kappa shape index (κ2) is 7.45. The number of carbonyl (C=O) groups is 1. The lowest BCUT2D eigenvalue weighted by Gasteiger charge is -2.18. The summed E-state index contributed by atoms with van der Waals surface area (Å²) >= 11 is 0. The summed E-state index contributed by atoms with van der Waals surface area (Å²) in [4.78, 5) is 19.1. The van der Waals surface area contributed by atoms with E-state index >= 15 is 0 Å². The van der Waals surface area contributed by atoms with Crippen molar-refractivity contribution in [1.82, 2.24) is 15.0 Å². The van der Waals surface area contributed by atoms with E-state index in [1.165, 1.54) is 0 Å². The normalized spacial score (nSPS) is 21.1. The van der Waals surface area contributed by atoms with Gasteiger partial charge < -0.3 is 18.9 Å². The molecule has 2 aliphatic heterocycles. The third kappa shape index (κ3) is 3.44. The number of rotatable bonds is 4. The Morgan fingerprint density at radius 2 is 1.92 bits per heavy atom. The Hall–Kier alpha value is -2.41. The van der Waals surface area contributed by atoms with Crippen molar-refractivity contribution in [2.24, 2.45) is 0 Å². The van der Waals surface area contributed by atoms with Crippen LogP contribution in [0.5, 0.6) is 5.75 Å².